The van der Waals surface area contributed by atoms with Crippen molar-refractivity contribution in [2.75, 3.05) is 26.0 Å². The van der Waals surface area contributed by atoms with Gasteiger partial charge in [0.05, 0.1) is 12.4 Å². The highest BCUT2D eigenvalue weighted by Gasteiger charge is 2.25. The fraction of sp³-hybridized carbons (Fsp3) is 0.632. The zero-order chi connectivity index (χ0) is 21.7. The Hall–Kier alpha value is -1.95. The van der Waals surface area contributed by atoms with Crippen molar-refractivity contribution in [1.82, 2.24) is 25.8 Å². The lowest BCUT2D eigenvalue weighted by molar-refractivity contribution is 0.0368. The van der Waals surface area contributed by atoms with Crippen molar-refractivity contribution in [2.45, 2.75) is 45.1 Å². The Morgan fingerprint density at radius 1 is 1.30 bits per heavy atom. The number of nitrogens with one attached hydrogen (secondary N) is 3. The molecule has 3 N–H and O–H groups in total. The quantitative estimate of drug-likeness (QED) is 0.428. The summed E-state index contributed by atoms with van der Waals surface area (Å²) in [6.45, 7) is 2.72. The molecule has 0 aromatic heterocycles. The lowest BCUT2D eigenvalue weighted by Crippen LogP contribution is -2.40. The van der Waals surface area contributed by atoms with E-state index in [0.29, 0.717) is 43.9 Å². The SMILES string of the molecule is C[C@@H](NS(=O)(=O)CCCCCN1C(=O)NNN1C)c1ccc(F)c(OCC2CC2)c1. The normalized spacial score (nSPS) is 18.5. The van der Waals surface area contributed by atoms with Crippen LogP contribution < -0.4 is 20.4 Å². The molecule has 0 unspecified atom stereocenters. The number of carbonyl (C=O) groups is 1. The third-order valence-corrected chi connectivity index (χ3v) is 6.73. The number of carbonyl (C=O) groups excluding carboxylic acids is 1. The van der Waals surface area contributed by atoms with Gasteiger partial charge in [0.25, 0.3) is 0 Å². The average molecular weight is 444 g/mol. The minimum absolute atomic E-state index is 0.0101. The third kappa shape index (κ3) is 6.53. The summed E-state index contributed by atoms with van der Waals surface area (Å²) in [7, 11) is -1.78. The lowest BCUT2D eigenvalue weighted by Gasteiger charge is -2.20. The predicted octanol–water partition coefficient (Wildman–Crippen LogP) is 2.06. The van der Waals surface area contributed by atoms with Crippen LogP contribution in [0.4, 0.5) is 9.18 Å². The summed E-state index contributed by atoms with van der Waals surface area (Å²) < 4.78 is 46.9. The molecule has 2 amide bonds. The molecule has 1 heterocycles. The second-order valence-electron chi connectivity index (χ2n) is 7.85. The van der Waals surface area contributed by atoms with Gasteiger partial charge in [-0.2, -0.15) is 0 Å². The van der Waals surface area contributed by atoms with Crippen LogP contribution in [0.5, 0.6) is 5.75 Å². The molecule has 1 aromatic carbocycles. The van der Waals surface area contributed by atoms with Crippen LogP contribution in [0.2, 0.25) is 0 Å². The van der Waals surface area contributed by atoms with Crippen LogP contribution in [0.3, 0.4) is 0 Å². The first-order chi connectivity index (χ1) is 14.2. The molecule has 30 heavy (non-hydrogen) atoms. The number of hydrogen-bond acceptors (Lipinski definition) is 6. The third-order valence-electron chi connectivity index (χ3n) is 5.19. The number of hydrazine groups is 3. The maximum atomic E-state index is 13.9. The number of sulfonamides is 1. The monoisotopic (exact) mass is 443 g/mol. The first kappa shape index (κ1) is 22.7. The van der Waals surface area contributed by atoms with E-state index in [2.05, 4.69) is 15.7 Å². The molecule has 1 aliphatic carbocycles. The summed E-state index contributed by atoms with van der Waals surface area (Å²) in [4.78, 5) is 11.6. The van der Waals surface area contributed by atoms with Crippen molar-refractivity contribution >= 4 is 16.1 Å². The summed E-state index contributed by atoms with van der Waals surface area (Å²) >= 11 is 0. The van der Waals surface area contributed by atoms with Crippen molar-refractivity contribution in [2.24, 2.45) is 5.92 Å². The van der Waals surface area contributed by atoms with Gasteiger partial charge in [0.15, 0.2) is 11.6 Å². The second-order valence-corrected chi connectivity index (χ2v) is 9.73. The molecule has 168 valence electrons. The van der Waals surface area contributed by atoms with Crippen molar-refractivity contribution < 1.29 is 22.3 Å². The lowest BCUT2D eigenvalue weighted by atomic mass is 10.1. The molecule has 2 fully saturated rings. The summed E-state index contributed by atoms with van der Waals surface area (Å²) in [6.07, 6.45) is 4.05. The fourth-order valence-electron chi connectivity index (χ4n) is 3.16. The molecule has 1 atom stereocenters. The van der Waals surface area contributed by atoms with Gasteiger partial charge in [-0.05, 0) is 56.2 Å². The molecule has 1 aliphatic heterocycles. The molecule has 0 spiro atoms. The van der Waals surface area contributed by atoms with Crippen LogP contribution >= 0.6 is 0 Å². The molecule has 0 bridgehead atoms. The van der Waals surface area contributed by atoms with E-state index in [-0.39, 0.29) is 17.5 Å². The van der Waals surface area contributed by atoms with Gasteiger partial charge in [-0.15, -0.1) is 10.7 Å². The van der Waals surface area contributed by atoms with E-state index in [1.807, 2.05) is 0 Å². The predicted molar refractivity (Wildman–Crippen MR) is 110 cm³/mol. The first-order valence-electron chi connectivity index (χ1n) is 10.2. The molecule has 9 nitrogen and oxygen atoms in total. The van der Waals surface area contributed by atoms with E-state index < -0.39 is 21.9 Å². The van der Waals surface area contributed by atoms with Gasteiger partial charge in [-0.3, -0.25) is 5.43 Å². The summed E-state index contributed by atoms with van der Waals surface area (Å²) in [5.41, 5.74) is 5.79. The highest BCUT2D eigenvalue weighted by Crippen LogP contribution is 2.31. The van der Waals surface area contributed by atoms with Crippen molar-refractivity contribution in [3.8, 4) is 5.75 Å². The number of hydrogen-bond donors (Lipinski definition) is 3. The Morgan fingerprint density at radius 3 is 2.73 bits per heavy atom. The van der Waals surface area contributed by atoms with Gasteiger partial charge in [0.1, 0.15) is 0 Å². The van der Waals surface area contributed by atoms with Gasteiger partial charge < -0.3 is 4.74 Å². The number of benzene rings is 1. The molecule has 2 aliphatic rings. The highest BCUT2D eigenvalue weighted by atomic mass is 32.2. The highest BCUT2D eigenvalue weighted by molar-refractivity contribution is 7.89. The fourth-order valence-corrected chi connectivity index (χ4v) is 4.54. The molecule has 1 aromatic rings. The van der Waals surface area contributed by atoms with Gasteiger partial charge in [0, 0.05) is 19.6 Å². The largest absolute Gasteiger partial charge is 0.490 e. The molecule has 11 heteroatoms. The molecule has 1 saturated carbocycles. The van der Waals surface area contributed by atoms with Crippen molar-refractivity contribution in [3.63, 3.8) is 0 Å². The maximum Gasteiger partial charge on any atom is 0.348 e. The maximum absolute atomic E-state index is 13.9. The Morgan fingerprint density at radius 2 is 2.07 bits per heavy atom. The van der Waals surface area contributed by atoms with Crippen LogP contribution in [-0.4, -0.2) is 50.5 Å². The number of nitrogens with zero attached hydrogens (tertiary/aromatic N) is 2. The van der Waals surface area contributed by atoms with E-state index in [1.165, 1.54) is 11.1 Å². The molecule has 0 radical (unpaired) electrons. The number of halogens is 1. The van der Waals surface area contributed by atoms with Gasteiger partial charge in [-0.1, -0.05) is 12.5 Å². The zero-order valence-electron chi connectivity index (χ0n) is 17.4. The van der Waals surface area contributed by atoms with Crippen LogP contribution in [-0.2, 0) is 10.0 Å². The molecule has 3 rings (SSSR count). The van der Waals surface area contributed by atoms with Gasteiger partial charge in [0.2, 0.25) is 10.0 Å². The summed E-state index contributed by atoms with van der Waals surface area (Å²) in [5.74, 6) is 0.211. The van der Waals surface area contributed by atoms with E-state index in [4.69, 9.17) is 4.74 Å². The summed E-state index contributed by atoms with van der Waals surface area (Å²) in [6, 6.07) is 3.71. The number of ether oxygens (including phenoxy) is 1. The smallest absolute Gasteiger partial charge is 0.348 e. The minimum Gasteiger partial charge on any atom is -0.490 e. The number of urea groups is 1. The Balaban J connectivity index is 1.42. The standard InChI is InChI=1S/C19H30FN5O4S/c1-14(16-8-9-17(20)18(12-16)29-13-15-6-7-15)22-30(27,28)11-5-3-4-10-25-19(26)21-23-24(25)2/h8-9,12,14-15,22-23H,3-7,10-11,13H2,1-2H3,(H,21,26)/t14-/m1/s1. The second kappa shape index (κ2) is 9.90. The van der Waals surface area contributed by atoms with Crippen molar-refractivity contribution in [1.29, 1.82) is 0 Å². The number of unbranched alkanes of at least 4 members (excludes halogenated alkanes) is 2. The Labute approximate surface area is 176 Å². The topological polar surface area (TPSA) is 103 Å². The summed E-state index contributed by atoms with van der Waals surface area (Å²) in [5, 5.41) is 3.06. The van der Waals surface area contributed by atoms with E-state index in [1.54, 1.807) is 31.2 Å². The van der Waals surface area contributed by atoms with E-state index >= 15 is 0 Å². The van der Waals surface area contributed by atoms with E-state index in [0.717, 1.165) is 12.8 Å². The van der Waals surface area contributed by atoms with Crippen LogP contribution in [0.1, 0.15) is 50.6 Å². The van der Waals surface area contributed by atoms with Crippen LogP contribution in [0.25, 0.3) is 0 Å². The number of rotatable bonds is 12. The Bertz CT molecular complexity index is 849. The van der Waals surface area contributed by atoms with Crippen molar-refractivity contribution in [3.05, 3.63) is 29.6 Å². The van der Waals surface area contributed by atoms with E-state index in [9.17, 15) is 17.6 Å². The zero-order valence-corrected chi connectivity index (χ0v) is 18.2. The molecule has 1 saturated heterocycles. The Kier molecular flexibility index (Phi) is 7.50. The first-order valence-corrected chi connectivity index (χ1v) is 11.9. The average Bonchev–Trinajstić information content (AvgIpc) is 3.46. The molecular weight excluding hydrogens is 413 g/mol. The number of amides is 2. The van der Waals surface area contributed by atoms with Crippen LogP contribution in [0, 0.1) is 11.7 Å². The van der Waals surface area contributed by atoms with Crippen LogP contribution in [0.15, 0.2) is 18.2 Å². The van der Waals surface area contributed by atoms with Gasteiger partial charge >= 0.3 is 6.03 Å². The minimum atomic E-state index is -3.49. The van der Waals surface area contributed by atoms with Gasteiger partial charge in [-0.25, -0.2) is 27.3 Å². The molecular formula is C19H30FN5O4S.